The maximum Gasteiger partial charge on any atom is 0.303 e. The first-order valence-corrected chi connectivity index (χ1v) is 9.10. The number of aliphatic hydroxyl groups excluding tert-OH is 2. The minimum absolute atomic E-state index is 0.114. The highest BCUT2D eigenvalue weighted by atomic mass is 16.4. The van der Waals surface area contributed by atoms with Crippen LogP contribution < -0.4 is 0 Å². The predicted octanol–water partition coefficient (Wildman–Crippen LogP) is 4.49. The minimum Gasteiger partial charge on any atom is -0.481 e. The second-order valence-electron chi connectivity index (χ2n) is 5.75. The summed E-state index contributed by atoms with van der Waals surface area (Å²) < 4.78 is 0. The summed E-state index contributed by atoms with van der Waals surface area (Å²) in [4.78, 5) is 10.3. The van der Waals surface area contributed by atoms with Crippen LogP contribution >= 0.6 is 0 Å². The van der Waals surface area contributed by atoms with Crippen LogP contribution in [0.1, 0.15) is 45.4 Å². The molecule has 0 unspecified atom stereocenters. The zero-order valence-corrected chi connectivity index (χ0v) is 15.6. The second-order valence-corrected chi connectivity index (χ2v) is 5.75. The second kappa shape index (κ2) is 17.6. The smallest absolute Gasteiger partial charge is 0.303 e. The summed E-state index contributed by atoms with van der Waals surface area (Å²) in [6, 6.07) is 0. The lowest BCUT2D eigenvalue weighted by Gasteiger charge is -1.99. The summed E-state index contributed by atoms with van der Waals surface area (Å²) in [6.45, 7) is 2.06. The molecule has 0 fully saturated rings. The van der Waals surface area contributed by atoms with Crippen LogP contribution in [0, 0.1) is 0 Å². The Morgan fingerprint density at radius 3 is 1.85 bits per heavy atom. The van der Waals surface area contributed by atoms with E-state index in [0.717, 1.165) is 12.8 Å². The van der Waals surface area contributed by atoms with Gasteiger partial charge in [0.1, 0.15) is 0 Å². The molecule has 4 nitrogen and oxygen atoms in total. The molecule has 0 spiro atoms. The molecule has 0 aliphatic rings. The van der Waals surface area contributed by atoms with Gasteiger partial charge in [0.15, 0.2) is 0 Å². The Morgan fingerprint density at radius 2 is 1.35 bits per heavy atom. The van der Waals surface area contributed by atoms with Gasteiger partial charge < -0.3 is 15.3 Å². The number of carboxylic acid groups (broad SMARTS) is 1. The molecular formula is C22H32O4. The minimum atomic E-state index is -0.815. The van der Waals surface area contributed by atoms with E-state index in [-0.39, 0.29) is 6.42 Å². The van der Waals surface area contributed by atoms with Gasteiger partial charge in [-0.1, -0.05) is 79.8 Å². The van der Waals surface area contributed by atoms with Crippen molar-refractivity contribution in [3.63, 3.8) is 0 Å². The van der Waals surface area contributed by atoms with Crippen LogP contribution in [0.5, 0.6) is 0 Å². The lowest BCUT2D eigenvalue weighted by atomic mass is 10.2. The summed E-state index contributed by atoms with van der Waals surface area (Å²) in [5.41, 5.74) is 0. The van der Waals surface area contributed by atoms with E-state index < -0.39 is 18.2 Å². The van der Waals surface area contributed by atoms with Gasteiger partial charge in [0.2, 0.25) is 0 Å². The van der Waals surface area contributed by atoms with Crippen molar-refractivity contribution in [2.24, 2.45) is 0 Å². The normalized spacial score (nSPS) is 15.5. The third-order valence-corrected chi connectivity index (χ3v) is 3.28. The monoisotopic (exact) mass is 360 g/mol. The molecule has 0 aromatic carbocycles. The predicted molar refractivity (Wildman–Crippen MR) is 108 cm³/mol. The third kappa shape index (κ3) is 18.2. The van der Waals surface area contributed by atoms with Crippen molar-refractivity contribution in [1.29, 1.82) is 0 Å². The molecule has 0 amide bonds. The number of carboxylic acids is 1. The fourth-order valence-corrected chi connectivity index (χ4v) is 1.90. The molecule has 0 saturated heterocycles. The van der Waals surface area contributed by atoms with E-state index >= 15 is 0 Å². The molecule has 26 heavy (non-hydrogen) atoms. The largest absolute Gasteiger partial charge is 0.481 e. The van der Waals surface area contributed by atoms with Gasteiger partial charge in [-0.25, -0.2) is 0 Å². The maximum absolute atomic E-state index is 10.3. The van der Waals surface area contributed by atoms with E-state index in [4.69, 9.17) is 5.11 Å². The lowest BCUT2D eigenvalue weighted by molar-refractivity contribution is -0.136. The van der Waals surface area contributed by atoms with Crippen LogP contribution in [0.3, 0.4) is 0 Å². The number of allylic oxidation sites excluding steroid dienone is 8. The number of aliphatic carboxylic acids is 1. The van der Waals surface area contributed by atoms with Crippen molar-refractivity contribution in [2.75, 3.05) is 0 Å². The Hall–Kier alpha value is -2.17. The quantitative estimate of drug-likeness (QED) is 0.315. The first-order chi connectivity index (χ1) is 12.6. The van der Waals surface area contributed by atoms with Gasteiger partial charge in [0.05, 0.1) is 12.2 Å². The van der Waals surface area contributed by atoms with Gasteiger partial charge in [-0.2, -0.15) is 0 Å². The molecule has 0 rings (SSSR count). The summed E-state index contributed by atoms with van der Waals surface area (Å²) in [7, 11) is 0. The SMILES string of the molecule is CCC=CC[C@H](O)C=CC=CCC=CC=C[C@@H](O)CC=CCCC(=O)O. The van der Waals surface area contributed by atoms with Crippen molar-refractivity contribution in [3.8, 4) is 0 Å². The molecule has 0 aliphatic carbocycles. The van der Waals surface area contributed by atoms with E-state index in [1.807, 2.05) is 42.5 Å². The van der Waals surface area contributed by atoms with Crippen molar-refractivity contribution in [2.45, 2.75) is 57.7 Å². The highest BCUT2D eigenvalue weighted by molar-refractivity contribution is 5.66. The number of hydrogen-bond acceptors (Lipinski definition) is 3. The summed E-state index contributed by atoms with van der Waals surface area (Å²) in [5.74, 6) is -0.815. The number of hydrogen-bond donors (Lipinski definition) is 3. The fourth-order valence-electron chi connectivity index (χ4n) is 1.90. The lowest BCUT2D eigenvalue weighted by Crippen LogP contribution is -1.99. The standard InChI is InChI=1S/C22H32O4/c1-2-3-10-15-20(23)16-11-7-5-4-6-8-12-17-21(24)18-13-9-14-19-22(25)26/h3,5-13,16-17,20-21,23-24H,2,4,14-15,18-19H2,1H3,(H,25,26)/t20-,21+/m0/s1. The zero-order valence-electron chi connectivity index (χ0n) is 15.6. The Morgan fingerprint density at radius 1 is 0.808 bits per heavy atom. The molecule has 0 bridgehead atoms. The third-order valence-electron chi connectivity index (χ3n) is 3.28. The average molecular weight is 360 g/mol. The van der Waals surface area contributed by atoms with Crippen LogP contribution in [0.4, 0.5) is 0 Å². The van der Waals surface area contributed by atoms with Gasteiger partial charge in [0.25, 0.3) is 0 Å². The highest BCUT2D eigenvalue weighted by Crippen LogP contribution is 2.00. The van der Waals surface area contributed by atoms with Crippen LogP contribution in [-0.2, 0) is 4.79 Å². The van der Waals surface area contributed by atoms with Gasteiger partial charge >= 0.3 is 5.97 Å². The van der Waals surface area contributed by atoms with Gasteiger partial charge in [0, 0.05) is 6.42 Å². The van der Waals surface area contributed by atoms with Gasteiger partial charge in [-0.3, -0.25) is 4.79 Å². The van der Waals surface area contributed by atoms with Crippen molar-refractivity contribution in [3.05, 3.63) is 72.9 Å². The van der Waals surface area contributed by atoms with Crippen molar-refractivity contribution in [1.82, 2.24) is 0 Å². The molecule has 144 valence electrons. The molecular weight excluding hydrogens is 328 g/mol. The molecule has 0 aliphatic heterocycles. The Labute approximate surface area is 157 Å². The van der Waals surface area contributed by atoms with Gasteiger partial charge in [-0.15, -0.1) is 0 Å². The van der Waals surface area contributed by atoms with Crippen LogP contribution in [0.25, 0.3) is 0 Å². The Kier molecular flexibility index (Phi) is 16.2. The summed E-state index contributed by atoms with van der Waals surface area (Å²) >= 11 is 0. The van der Waals surface area contributed by atoms with E-state index in [1.54, 1.807) is 30.4 Å². The van der Waals surface area contributed by atoms with Crippen LogP contribution in [0.2, 0.25) is 0 Å². The van der Waals surface area contributed by atoms with Crippen LogP contribution in [-0.4, -0.2) is 33.5 Å². The number of carbonyl (C=O) groups is 1. The average Bonchev–Trinajstić information content (AvgIpc) is 2.60. The number of rotatable bonds is 14. The molecule has 0 aromatic rings. The Bertz CT molecular complexity index is 524. The first kappa shape index (κ1) is 23.8. The Balaban J connectivity index is 3.85. The molecule has 0 radical (unpaired) electrons. The van der Waals surface area contributed by atoms with Crippen molar-refractivity contribution >= 4 is 5.97 Å². The van der Waals surface area contributed by atoms with E-state index in [0.29, 0.717) is 19.3 Å². The fraction of sp³-hybridized carbons (Fsp3) is 0.409. The maximum atomic E-state index is 10.3. The van der Waals surface area contributed by atoms with E-state index in [1.165, 1.54) is 0 Å². The van der Waals surface area contributed by atoms with Crippen LogP contribution in [0.15, 0.2) is 72.9 Å². The molecule has 0 heterocycles. The zero-order chi connectivity index (χ0) is 19.5. The van der Waals surface area contributed by atoms with E-state index in [2.05, 4.69) is 6.92 Å². The molecule has 3 N–H and O–H groups in total. The van der Waals surface area contributed by atoms with Crippen molar-refractivity contribution < 1.29 is 20.1 Å². The summed E-state index contributed by atoms with van der Waals surface area (Å²) in [5, 5.41) is 27.9. The highest BCUT2D eigenvalue weighted by Gasteiger charge is 1.95. The summed E-state index contributed by atoms with van der Waals surface area (Å²) in [6.07, 6.45) is 24.9. The molecule has 4 heteroatoms. The molecule has 2 atom stereocenters. The molecule has 0 saturated carbocycles. The first-order valence-electron chi connectivity index (χ1n) is 9.10. The number of aliphatic hydroxyl groups is 2. The van der Waals surface area contributed by atoms with Gasteiger partial charge in [-0.05, 0) is 32.1 Å². The topological polar surface area (TPSA) is 77.8 Å². The molecule has 0 aromatic heterocycles. The van der Waals surface area contributed by atoms with E-state index in [9.17, 15) is 15.0 Å².